The predicted octanol–water partition coefficient (Wildman–Crippen LogP) is 2.30. The summed E-state index contributed by atoms with van der Waals surface area (Å²) in [6, 6.07) is 0. The minimum absolute atomic E-state index is 0.109. The third-order valence-electron chi connectivity index (χ3n) is 6.10. The number of alkyl halides is 8. The minimum Gasteiger partial charge on any atom is -0.454 e. The molecule has 3 unspecified atom stereocenters. The lowest BCUT2D eigenvalue weighted by molar-refractivity contribution is -0.192. The summed E-state index contributed by atoms with van der Waals surface area (Å²) in [6.07, 6.45) is -2.21. The molecule has 0 aromatic rings. The Morgan fingerprint density at radius 2 is 1.49 bits per heavy atom. The van der Waals surface area contributed by atoms with Crippen LogP contribution >= 0.6 is 0 Å². The maximum absolute atomic E-state index is 14.5. The van der Waals surface area contributed by atoms with Crippen LogP contribution in [0.25, 0.3) is 0 Å². The molecule has 3 atom stereocenters. The molecule has 2 saturated carbocycles. The van der Waals surface area contributed by atoms with Crippen molar-refractivity contribution in [3.63, 3.8) is 0 Å². The molecule has 0 spiro atoms. The Bertz CT molecular complexity index is 1230. The van der Waals surface area contributed by atoms with Crippen molar-refractivity contribution in [3.8, 4) is 0 Å². The molecule has 2 rings (SSSR count). The third kappa shape index (κ3) is 5.68. The molecule has 2 aliphatic rings. The van der Waals surface area contributed by atoms with Crippen LogP contribution in [0.15, 0.2) is 0 Å². The fourth-order valence-electron chi connectivity index (χ4n) is 4.61. The molecule has 22 heteroatoms. The van der Waals surface area contributed by atoms with Crippen molar-refractivity contribution in [2.75, 3.05) is 0 Å². The van der Waals surface area contributed by atoms with Crippen LogP contribution in [-0.4, -0.2) is 67.7 Å². The molecule has 218 valence electrons. The molecule has 2 N–H and O–H groups in total. The van der Waals surface area contributed by atoms with E-state index >= 15 is 0 Å². The number of ether oxygens (including phenoxy) is 1. The van der Waals surface area contributed by atoms with Crippen LogP contribution in [0.2, 0.25) is 0 Å². The maximum atomic E-state index is 14.5. The molecule has 0 saturated heterocycles. The fraction of sp³-hybridized carbons (Fsp3) is 0.933. The van der Waals surface area contributed by atoms with E-state index in [9.17, 15) is 65.2 Å². The van der Waals surface area contributed by atoms with Gasteiger partial charge in [-0.3, -0.25) is 5.21 Å². The van der Waals surface area contributed by atoms with Crippen molar-refractivity contribution in [2.45, 2.75) is 79.3 Å². The third-order valence-corrected chi connectivity index (χ3v) is 10.8. The van der Waals surface area contributed by atoms with Gasteiger partial charge >= 0.3 is 52.3 Å². The molecule has 2 bridgehead atoms. The highest BCUT2D eigenvalue weighted by Crippen LogP contribution is 2.52. The summed E-state index contributed by atoms with van der Waals surface area (Å²) in [5.74, 6) is -3.88. The Kier molecular flexibility index (Phi) is 8.08. The molecule has 0 amide bonds. The van der Waals surface area contributed by atoms with Gasteiger partial charge in [-0.05, 0) is 38.0 Å². The van der Waals surface area contributed by atoms with E-state index in [4.69, 9.17) is 5.21 Å². The lowest BCUT2D eigenvalue weighted by atomic mass is 9.61. The Hall–Kier alpha value is -1.36. The molecule has 11 nitrogen and oxygen atoms in total. The number of hydrogen-bond donors (Lipinski definition) is 2. The van der Waals surface area contributed by atoms with Crippen molar-refractivity contribution in [2.24, 2.45) is 5.92 Å². The van der Waals surface area contributed by atoms with Gasteiger partial charge in [-0.1, -0.05) is 13.3 Å². The SMILES string of the molecule is CCC1CC2(NS(=O)(=O)C(F)(F)F)CCCC(OC(=O)C(F)(F)S(=O)(=O)N(O)S(=O)(=O)C(F)(F)F)(C1)C2. The van der Waals surface area contributed by atoms with Gasteiger partial charge in [0.15, 0.2) is 0 Å². The largest absolute Gasteiger partial charge is 0.514 e. The molecule has 0 aromatic heterocycles. The van der Waals surface area contributed by atoms with Crippen LogP contribution in [0.3, 0.4) is 0 Å². The van der Waals surface area contributed by atoms with Gasteiger partial charge in [-0.15, -0.1) is 0 Å². The summed E-state index contributed by atoms with van der Waals surface area (Å²) in [7, 11) is -20.6. The van der Waals surface area contributed by atoms with Gasteiger partial charge in [0, 0.05) is 15.8 Å². The van der Waals surface area contributed by atoms with Crippen LogP contribution < -0.4 is 4.72 Å². The predicted molar refractivity (Wildman–Crippen MR) is 104 cm³/mol. The highest BCUT2D eigenvalue weighted by molar-refractivity contribution is 8.05. The second-order valence-electron chi connectivity index (χ2n) is 8.77. The molecule has 0 aromatic carbocycles. The number of carbonyl (C=O) groups is 1. The monoisotopic (exact) mass is 620 g/mol. The smallest absolute Gasteiger partial charge is 0.454 e. The molecule has 0 heterocycles. The first-order valence-electron chi connectivity index (χ1n) is 10.1. The van der Waals surface area contributed by atoms with Gasteiger partial charge in [0.05, 0.1) is 0 Å². The van der Waals surface area contributed by atoms with Gasteiger partial charge in [0.25, 0.3) is 0 Å². The lowest BCUT2D eigenvalue weighted by Gasteiger charge is -2.54. The van der Waals surface area contributed by atoms with E-state index < -0.39 is 79.7 Å². The van der Waals surface area contributed by atoms with E-state index in [-0.39, 0.29) is 38.5 Å². The summed E-state index contributed by atoms with van der Waals surface area (Å²) >= 11 is 0. The van der Waals surface area contributed by atoms with Crippen molar-refractivity contribution in [3.05, 3.63) is 0 Å². The summed E-state index contributed by atoms with van der Waals surface area (Å²) in [4.78, 5) is 12.2. The average molecular weight is 621 g/mol. The Morgan fingerprint density at radius 3 is 1.95 bits per heavy atom. The second kappa shape index (κ2) is 9.38. The van der Waals surface area contributed by atoms with E-state index in [2.05, 4.69) is 4.74 Å². The van der Waals surface area contributed by atoms with Gasteiger partial charge in [0.1, 0.15) is 5.60 Å². The van der Waals surface area contributed by atoms with Crippen LogP contribution in [0.5, 0.6) is 0 Å². The maximum Gasteiger partial charge on any atom is 0.514 e. The molecule has 2 fully saturated rings. The molecular formula is C15H20F8N2O9S3. The first-order chi connectivity index (χ1) is 16.3. The number of nitrogens with zero attached hydrogens (tertiary/aromatic N) is 1. The molecule has 37 heavy (non-hydrogen) atoms. The van der Waals surface area contributed by atoms with Crippen molar-refractivity contribution in [1.82, 2.24) is 8.60 Å². The standard InChI is InChI=1S/C15H20F8N2O9S3/c1-2-9-6-11(24-35(28,29)14(18,19)20)4-3-5-12(7-9,8-11)34-10(26)13(16,17)36(30,31)25(27)37(32,33)15(21,22)23/h9,24,27H,2-8H2,1H3. The lowest BCUT2D eigenvalue weighted by Crippen LogP contribution is -2.63. The first kappa shape index (κ1) is 31.9. The Morgan fingerprint density at radius 1 is 0.946 bits per heavy atom. The number of carbonyl (C=O) groups excluding carboxylic acids is 1. The zero-order valence-electron chi connectivity index (χ0n) is 18.4. The summed E-state index contributed by atoms with van der Waals surface area (Å²) in [5.41, 5.74) is -16.5. The zero-order chi connectivity index (χ0) is 29.1. The Balaban J connectivity index is 2.45. The normalized spacial score (nSPS) is 28.2. The Labute approximate surface area is 205 Å². The molecule has 0 aliphatic heterocycles. The number of sulfonamides is 3. The molecule has 0 radical (unpaired) electrons. The quantitative estimate of drug-likeness (QED) is 0.235. The fourth-order valence-corrected chi connectivity index (χ4v) is 7.74. The van der Waals surface area contributed by atoms with Gasteiger partial charge in [0.2, 0.25) is 0 Å². The van der Waals surface area contributed by atoms with Gasteiger partial charge in [-0.25, -0.2) is 26.4 Å². The minimum atomic E-state index is -7.33. The van der Waals surface area contributed by atoms with Gasteiger partial charge < -0.3 is 4.74 Å². The van der Waals surface area contributed by atoms with E-state index in [0.717, 1.165) is 0 Å². The number of esters is 1. The van der Waals surface area contributed by atoms with Crippen LogP contribution in [0, 0.1) is 5.92 Å². The van der Waals surface area contributed by atoms with Crippen molar-refractivity contribution < 1.29 is 75.1 Å². The van der Waals surface area contributed by atoms with Crippen molar-refractivity contribution >= 4 is 36.0 Å². The first-order valence-corrected chi connectivity index (χ1v) is 14.4. The summed E-state index contributed by atoms with van der Waals surface area (Å²) < 4.78 is 178. The van der Waals surface area contributed by atoms with E-state index in [1.165, 1.54) is 11.6 Å². The van der Waals surface area contributed by atoms with Crippen LogP contribution in [0.1, 0.15) is 51.9 Å². The summed E-state index contributed by atoms with van der Waals surface area (Å²) in [6.45, 7) is 1.48. The highest BCUT2D eigenvalue weighted by atomic mass is 32.3. The topological polar surface area (TPSA) is 164 Å². The highest BCUT2D eigenvalue weighted by Gasteiger charge is 2.67. The van der Waals surface area contributed by atoms with E-state index in [1.807, 2.05) is 0 Å². The van der Waals surface area contributed by atoms with Crippen LogP contribution in [0.4, 0.5) is 35.1 Å². The molecular weight excluding hydrogens is 600 g/mol. The summed E-state index contributed by atoms with van der Waals surface area (Å²) in [5, 5.41) is 2.87. The van der Waals surface area contributed by atoms with Crippen LogP contribution in [-0.2, 0) is 39.6 Å². The second-order valence-corrected chi connectivity index (χ2v) is 14.2. The van der Waals surface area contributed by atoms with Gasteiger partial charge in [-0.2, -0.15) is 43.5 Å². The average Bonchev–Trinajstić information content (AvgIpc) is 2.69. The van der Waals surface area contributed by atoms with E-state index in [0.29, 0.717) is 0 Å². The molecule has 2 aliphatic carbocycles. The van der Waals surface area contributed by atoms with E-state index in [1.54, 1.807) is 0 Å². The number of halogens is 8. The zero-order valence-corrected chi connectivity index (χ0v) is 20.9. The number of fused-ring (bicyclic) bond motifs is 2. The number of hydrogen-bond acceptors (Lipinski definition) is 9. The van der Waals surface area contributed by atoms with Crippen molar-refractivity contribution in [1.29, 1.82) is 0 Å². The number of rotatable bonds is 8. The number of nitrogens with one attached hydrogen (secondary N) is 1.